The largest absolute Gasteiger partial charge is 0.282 e. The minimum atomic E-state index is -2.72. The lowest BCUT2D eigenvalue weighted by molar-refractivity contribution is 0.145. The van der Waals surface area contributed by atoms with Gasteiger partial charge in [-0.25, -0.2) is 13.5 Å². The molecular formula is C11H7Cl3F2N2. The van der Waals surface area contributed by atoms with Gasteiger partial charge in [0.2, 0.25) is 3.79 Å². The Balaban J connectivity index is 2.59. The highest BCUT2D eigenvalue weighted by Gasteiger charge is 2.30. The summed E-state index contributed by atoms with van der Waals surface area (Å²) in [5.41, 5.74) is 0.194. The number of rotatable bonds is 2. The van der Waals surface area contributed by atoms with Gasteiger partial charge in [0.05, 0.1) is 11.4 Å². The molecule has 0 saturated heterocycles. The maximum Gasteiger partial charge on any atom is 0.282 e. The fourth-order valence-corrected chi connectivity index (χ4v) is 1.88. The summed E-state index contributed by atoms with van der Waals surface area (Å²) in [6.07, 6.45) is -2.72. The summed E-state index contributed by atoms with van der Waals surface area (Å²) in [5.74, 6) is 0. The molecule has 0 unspecified atom stereocenters. The Kier molecular flexibility index (Phi) is 3.80. The molecule has 0 saturated carbocycles. The fraction of sp³-hybridized carbons (Fsp3) is 0.182. The second-order valence-electron chi connectivity index (χ2n) is 3.50. The summed E-state index contributed by atoms with van der Waals surface area (Å²) in [6, 6.07) is 9.72. The van der Waals surface area contributed by atoms with Gasteiger partial charge in [-0.2, -0.15) is 5.10 Å². The molecule has 0 aliphatic rings. The van der Waals surface area contributed by atoms with Crippen molar-refractivity contribution in [1.82, 2.24) is 9.78 Å². The molecule has 0 bridgehead atoms. The van der Waals surface area contributed by atoms with Crippen LogP contribution in [0.25, 0.3) is 5.69 Å². The van der Waals surface area contributed by atoms with Gasteiger partial charge in [-0.1, -0.05) is 53.0 Å². The molecule has 7 heteroatoms. The predicted molar refractivity (Wildman–Crippen MR) is 67.8 cm³/mol. The average Bonchev–Trinajstić information content (AvgIpc) is 2.74. The summed E-state index contributed by atoms with van der Waals surface area (Å²) in [6.45, 7) is 0. The molecule has 0 atom stereocenters. The van der Waals surface area contributed by atoms with E-state index in [9.17, 15) is 8.78 Å². The number of benzene rings is 1. The van der Waals surface area contributed by atoms with Gasteiger partial charge in [0, 0.05) is 0 Å². The minimum Gasteiger partial charge on any atom is -0.233 e. The normalized spacial score (nSPS) is 12.1. The van der Waals surface area contributed by atoms with Gasteiger partial charge < -0.3 is 0 Å². The van der Waals surface area contributed by atoms with Crippen molar-refractivity contribution in [2.24, 2.45) is 0 Å². The van der Waals surface area contributed by atoms with E-state index in [0.717, 1.165) is 6.07 Å². The predicted octanol–water partition coefficient (Wildman–Crippen LogP) is 4.64. The van der Waals surface area contributed by atoms with Crippen molar-refractivity contribution in [2.45, 2.75) is 10.2 Å². The third-order valence-electron chi connectivity index (χ3n) is 2.24. The summed E-state index contributed by atoms with van der Waals surface area (Å²) in [4.78, 5) is 0. The highest BCUT2D eigenvalue weighted by Crippen LogP contribution is 2.40. The molecule has 18 heavy (non-hydrogen) atoms. The zero-order valence-corrected chi connectivity index (χ0v) is 11.1. The molecule has 0 fully saturated rings. The second kappa shape index (κ2) is 5.03. The Morgan fingerprint density at radius 1 is 1.11 bits per heavy atom. The van der Waals surface area contributed by atoms with Crippen molar-refractivity contribution >= 4 is 34.8 Å². The number of hydrogen-bond acceptors (Lipinski definition) is 1. The molecule has 0 aliphatic carbocycles. The van der Waals surface area contributed by atoms with Crippen molar-refractivity contribution in [3.63, 3.8) is 0 Å². The molecule has 1 heterocycles. The number of hydrogen-bond donors (Lipinski definition) is 0. The van der Waals surface area contributed by atoms with E-state index in [-0.39, 0.29) is 5.69 Å². The van der Waals surface area contributed by atoms with E-state index in [1.165, 1.54) is 4.68 Å². The van der Waals surface area contributed by atoms with E-state index in [1.807, 2.05) is 0 Å². The molecule has 0 spiro atoms. The number of alkyl halides is 5. The Hall–Kier alpha value is -0.840. The molecule has 2 rings (SSSR count). The summed E-state index contributed by atoms with van der Waals surface area (Å²) < 4.78 is 24.7. The van der Waals surface area contributed by atoms with Crippen LogP contribution < -0.4 is 0 Å². The van der Waals surface area contributed by atoms with E-state index in [1.54, 1.807) is 30.3 Å². The van der Waals surface area contributed by atoms with Crippen LogP contribution in [0, 0.1) is 0 Å². The minimum absolute atomic E-state index is 0.0778. The molecular weight excluding hydrogens is 304 g/mol. The highest BCUT2D eigenvalue weighted by molar-refractivity contribution is 6.66. The molecule has 1 aromatic heterocycles. The van der Waals surface area contributed by atoms with Crippen LogP contribution in [-0.2, 0) is 3.79 Å². The summed E-state index contributed by atoms with van der Waals surface area (Å²) >= 11 is 17.3. The Morgan fingerprint density at radius 2 is 1.72 bits per heavy atom. The van der Waals surface area contributed by atoms with Gasteiger partial charge in [-0.05, 0) is 18.2 Å². The van der Waals surface area contributed by atoms with Crippen LogP contribution in [0.3, 0.4) is 0 Å². The molecule has 1 aromatic carbocycles. The smallest absolute Gasteiger partial charge is 0.233 e. The van der Waals surface area contributed by atoms with Gasteiger partial charge in [0.1, 0.15) is 5.69 Å². The average molecular weight is 312 g/mol. The Labute approximate surface area is 117 Å². The topological polar surface area (TPSA) is 17.8 Å². The first-order chi connectivity index (χ1) is 8.39. The standard InChI is InChI=1S/C11H7Cl3F2N2/c12-11(13,14)9-6-8(10(15)16)17-18(9)7-4-2-1-3-5-7/h1-6,10H. The van der Waals surface area contributed by atoms with Crippen molar-refractivity contribution in [3.8, 4) is 5.69 Å². The number of nitrogens with zero attached hydrogens (tertiary/aromatic N) is 2. The van der Waals surface area contributed by atoms with Gasteiger partial charge in [-0.3, -0.25) is 0 Å². The lowest BCUT2D eigenvalue weighted by Crippen LogP contribution is -2.10. The third-order valence-corrected chi connectivity index (χ3v) is 2.82. The van der Waals surface area contributed by atoms with Crippen LogP contribution in [0.15, 0.2) is 36.4 Å². The lowest BCUT2D eigenvalue weighted by Gasteiger charge is -2.13. The van der Waals surface area contributed by atoms with E-state index in [0.29, 0.717) is 5.69 Å². The van der Waals surface area contributed by atoms with Crippen molar-refractivity contribution < 1.29 is 8.78 Å². The van der Waals surface area contributed by atoms with Crippen LogP contribution in [0.2, 0.25) is 0 Å². The maximum atomic E-state index is 12.7. The first-order valence-electron chi connectivity index (χ1n) is 4.90. The van der Waals surface area contributed by atoms with E-state index in [2.05, 4.69) is 5.10 Å². The Morgan fingerprint density at radius 3 is 2.22 bits per heavy atom. The fourth-order valence-electron chi connectivity index (χ4n) is 1.47. The zero-order chi connectivity index (χ0) is 13.3. The molecule has 2 aromatic rings. The van der Waals surface area contributed by atoms with Crippen LogP contribution >= 0.6 is 34.8 Å². The van der Waals surface area contributed by atoms with Crippen molar-refractivity contribution in [3.05, 3.63) is 47.8 Å². The summed E-state index contributed by atoms with van der Waals surface area (Å²) in [5, 5.41) is 3.76. The van der Waals surface area contributed by atoms with Crippen LogP contribution in [-0.4, -0.2) is 9.78 Å². The van der Waals surface area contributed by atoms with E-state index in [4.69, 9.17) is 34.8 Å². The lowest BCUT2D eigenvalue weighted by atomic mass is 10.3. The van der Waals surface area contributed by atoms with Crippen LogP contribution in [0.5, 0.6) is 0 Å². The van der Waals surface area contributed by atoms with Gasteiger partial charge in [0.25, 0.3) is 6.43 Å². The van der Waals surface area contributed by atoms with Gasteiger partial charge >= 0.3 is 0 Å². The Bertz CT molecular complexity index is 535. The maximum absolute atomic E-state index is 12.7. The molecule has 0 aliphatic heterocycles. The van der Waals surface area contributed by atoms with Crippen LogP contribution in [0.1, 0.15) is 17.8 Å². The molecule has 0 N–H and O–H groups in total. The first kappa shape index (κ1) is 13.6. The first-order valence-corrected chi connectivity index (χ1v) is 6.03. The zero-order valence-electron chi connectivity index (χ0n) is 8.83. The van der Waals surface area contributed by atoms with Crippen LogP contribution in [0.4, 0.5) is 8.78 Å². The molecule has 2 nitrogen and oxygen atoms in total. The van der Waals surface area contributed by atoms with E-state index >= 15 is 0 Å². The molecule has 0 radical (unpaired) electrons. The number of para-hydroxylation sites is 1. The van der Waals surface area contributed by atoms with Gasteiger partial charge in [-0.15, -0.1) is 0 Å². The second-order valence-corrected chi connectivity index (χ2v) is 5.78. The monoisotopic (exact) mass is 310 g/mol. The summed E-state index contributed by atoms with van der Waals surface area (Å²) in [7, 11) is 0. The van der Waals surface area contributed by atoms with Crippen molar-refractivity contribution in [2.75, 3.05) is 0 Å². The highest BCUT2D eigenvalue weighted by atomic mass is 35.6. The van der Waals surface area contributed by atoms with Gasteiger partial charge in [0.15, 0.2) is 0 Å². The molecule has 96 valence electrons. The molecule has 0 amide bonds. The number of halogens is 5. The SMILES string of the molecule is FC(F)c1cc(C(Cl)(Cl)Cl)n(-c2ccccc2)n1. The van der Waals surface area contributed by atoms with E-state index < -0.39 is 15.9 Å². The third kappa shape index (κ3) is 2.76. The van der Waals surface area contributed by atoms with Crippen molar-refractivity contribution in [1.29, 1.82) is 0 Å². The quantitative estimate of drug-likeness (QED) is 0.739. The number of aromatic nitrogens is 2.